The molecule has 0 atom stereocenters. The lowest BCUT2D eigenvalue weighted by Gasteiger charge is -2.00. The lowest BCUT2D eigenvalue weighted by atomic mass is 10.2. The first-order valence-corrected chi connectivity index (χ1v) is 6.69. The number of rotatable bonds is 6. The van der Waals surface area contributed by atoms with Crippen LogP contribution in [-0.2, 0) is 6.42 Å². The minimum absolute atomic E-state index is 0.0834. The maximum absolute atomic E-state index is 13.1. The van der Waals surface area contributed by atoms with E-state index in [1.165, 1.54) is 12.1 Å². The number of halogens is 2. The van der Waals surface area contributed by atoms with E-state index < -0.39 is 5.82 Å². The quantitative estimate of drug-likeness (QED) is 0.822. The summed E-state index contributed by atoms with van der Waals surface area (Å²) in [5.41, 5.74) is 0.728. The van der Waals surface area contributed by atoms with Gasteiger partial charge in [0.15, 0.2) is 11.7 Å². The predicted molar refractivity (Wildman–Crippen MR) is 73.8 cm³/mol. The normalized spacial score (nSPS) is 10.9. The fourth-order valence-corrected chi connectivity index (χ4v) is 1.89. The van der Waals surface area contributed by atoms with Crippen LogP contribution in [-0.4, -0.2) is 18.1 Å². The van der Waals surface area contributed by atoms with Crippen molar-refractivity contribution in [3.05, 3.63) is 41.1 Å². The summed E-state index contributed by atoms with van der Waals surface area (Å²) in [7, 11) is 0. The van der Waals surface area contributed by atoms with Crippen LogP contribution in [0, 0.1) is 5.82 Å². The molecule has 0 fully saturated rings. The molecule has 0 radical (unpaired) electrons. The van der Waals surface area contributed by atoms with Crippen molar-refractivity contribution >= 4 is 11.6 Å². The fourth-order valence-electron chi connectivity index (χ4n) is 1.71. The van der Waals surface area contributed by atoms with E-state index in [2.05, 4.69) is 17.2 Å². The third-order valence-corrected chi connectivity index (χ3v) is 2.99. The van der Waals surface area contributed by atoms with E-state index in [-0.39, 0.29) is 5.02 Å². The Morgan fingerprint density at radius 3 is 2.95 bits per heavy atom. The summed E-state index contributed by atoms with van der Waals surface area (Å²) in [5, 5.41) is 3.36. The van der Waals surface area contributed by atoms with E-state index in [4.69, 9.17) is 16.0 Å². The Morgan fingerprint density at radius 2 is 2.21 bits per heavy atom. The molecule has 1 aromatic carbocycles. The monoisotopic (exact) mass is 282 g/mol. The highest BCUT2D eigenvalue weighted by Crippen LogP contribution is 2.25. The summed E-state index contributed by atoms with van der Waals surface area (Å²) in [5.74, 6) is 0.834. The highest BCUT2D eigenvalue weighted by Gasteiger charge is 2.08. The molecule has 5 heteroatoms. The largest absolute Gasteiger partial charge is 0.441 e. The van der Waals surface area contributed by atoms with Gasteiger partial charge in [0.25, 0.3) is 0 Å². The molecule has 3 nitrogen and oxygen atoms in total. The average Bonchev–Trinajstić information content (AvgIpc) is 2.87. The van der Waals surface area contributed by atoms with Gasteiger partial charge in [-0.15, -0.1) is 0 Å². The maximum atomic E-state index is 13.1. The first-order chi connectivity index (χ1) is 9.20. The number of nitrogens with one attached hydrogen (secondary N) is 1. The van der Waals surface area contributed by atoms with Crippen LogP contribution in [0.15, 0.2) is 28.8 Å². The molecule has 0 bridgehead atoms. The zero-order valence-electron chi connectivity index (χ0n) is 10.7. The van der Waals surface area contributed by atoms with Gasteiger partial charge < -0.3 is 9.73 Å². The van der Waals surface area contributed by atoms with Gasteiger partial charge in [-0.1, -0.05) is 18.5 Å². The van der Waals surface area contributed by atoms with Gasteiger partial charge in [-0.3, -0.25) is 0 Å². The lowest BCUT2D eigenvalue weighted by molar-refractivity contribution is 0.495. The van der Waals surface area contributed by atoms with Crippen molar-refractivity contribution in [2.45, 2.75) is 19.8 Å². The Labute approximate surface area is 116 Å². The summed E-state index contributed by atoms with van der Waals surface area (Å²) in [6.07, 6.45) is 3.47. The standard InChI is InChI=1S/C14H16ClFN2O/c1-2-6-17-7-5-14-18-9-13(19-14)10-3-4-12(16)11(15)8-10/h3-4,8-9,17H,2,5-7H2,1H3. The number of benzene rings is 1. The van der Waals surface area contributed by atoms with E-state index in [9.17, 15) is 4.39 Å². The van der Waals surface area contributed by atoms with Gasteiger partial charge in [-0.2, -0.15) is 0 Å². The Balaban J connectivity index is 2.01. The van der Waals surface area contributed by atoms with E-state index in [1.54, 1.807) is 12.3 Å². The second-order valence-corrected chi connectivity index (χ2v) is 4.65. The molecule has 1 N–H and O–H groups in total. The summed E-state index contributed by atoms with van der Waals surface area (Å²) in [6, 6.07) is 4.49. The first kappa shape index (κ1) is 14.0. The molecule has 0 amide bonds. The maximum Gasteiger partial charge on any atom is 0.196 e. The number of nitrogens with zero attached hydrogens (tertiary/aromatic N) is 1. The molecule has 1 heterocycles. The Kier molecular flexibility index (Phi) is 4.93. The summed E-state index contributed by atoms with van der Waals surface area (Å²) < 4.78 is 18.7. The van der Waals surface area contributed by atoms with Crippen molar-refractivity contribution in [1.29, 1.82) is 0 Å². The van der Waals surface area contributed by atoms with Crippen LogP contribution in [0.4, 0.5) is 4.39 Å². The molecule has 0 aliphatic carbocycles. The second-order valence-electron chi connectivity index (χ2n) is 4.25. The molecule has 2 rings (SSSR count). The fraction of sp³-hybridized carbons (Fsp3) is 0.357. The molecule has 0 saturated carbocycles. The van der Waals surface area contributed by atoms with Crippen LogP contribution in [0.3, 0.4) is 0 Å². The van der Waals surface area contributed by atoms with Gasteiger partial charge in [-0.05, 0) is 31.2 Å². The van der Waals surface area contributed by atoms with Gasteiger partial charge in [0, 0.05) is 18.5 Å². The van der Waals surface area contributed by atoms with Gasteiger partial charge in [0.1, 0.15) is 5.82 Å². The van der Waals surface area contributed by atoms with E-state index in [1.807, 2.05) is 0 Å². The summed E-state index contributed by atoms with van der Waals surface area (Å²) in [6.45, 7) is 3.94. The molecule has 19 heavy (non-hydrogen) atoms. The smallest absolute Gasteiger partial charge is 0.196 e. The van der Waals surface area contributed by atoms with Crippen molar-refractivity contribution in [2.75, 3.05) is 13.1 Å². The zero-order valence-corrected chi connectivity index (χ0v) is 11.5. The van der Waals surface area contributed by atoms with Crippen LogP contribution >= 0.6 is 11.6 Å². The van der Waals surface area contributed by atoms with E-state index in [0.29, 0.717) is 11.7 Å². The predicted octanol–water partition coefficient (Wildman–Crippen LogP) is 3.68. The van der Waals surface area contributed by atoms with E-state index >= 15 is 0 Å². The molecule has 0 unspecified atom stereocenters. The number of oxazole rings is 1. The highest BCUT2D eigenvalue weighted by molar-refractivity contribution is 6.31. The molecule has 0 spiro atoms. The lowest BCUT2D eigenvalue weighted by Crippen LogP contribution is -2.17. The molecule has 1 aromatic heterocycles. The van der Waals surface area contributed by atoms with Crippen LogP contribution in [0.5, 0.6) is 0 Å². The van der Waals surface area contributed by atoms with Crippen LogP contribution in [0.2, 0.25) is 5.02 Å². The third kappa shape index (κ3) is 3.78. The molecule has 2 aromatic rings. The molecular weight excluding hydrogens is 267 g/mol. The van der Waals surface area contributed by atoms with Crippen LogP contribution < -0.4 is 5.32 Å². The molecule has 102 valence electrons. The SMILES string of the molecule is CCCNCCc1ncc(-c2ccc(F)c(Cl)c2)o1. The van der Waals surface area contributed by atoms with Gasteiger partial charge >= 0.3 is 0 Å². The Hall–Kier alpha value is -1.39. The molecular formula is C14H16ClFN2O. The molecule has 0 saturated heterocycles. The second kappa shape index (κ2) is 6.68. The Bertz CT molecular complexity index is 542. The first-order valence-electron chi connectivity index (χ1n) is 6.31. The number of aromatic nitrogens is 1. The van der Waals surface area contributed by atoms with Crippen molar-refractivity contribution in [2.24, 2.45) is 0 Å². The van der Waals surface area contributed by atoms with Crippen molar-refractivity contribution in [3.8, 4) is 11.3 Å². The minimum atomic E-state index is -0.436. The summed E-state index contributed by atoms with van der Waals surface area (Å²) >= 11 is 5.74. The summed E-state index contributed by atoms with van der Waals surface area (Å²) in [4.78, 5) is 4.20. The minimum Gasteiger partial charge on any atom is -0.441 e. The van der Waals surface area contributed by atoms with Gasteiger partial charge in [0.05, 0.1) is 11.2 Å². The van der Waals surface area contributed by atoms with Crippen LogP contribution in [0.25, 0.3) is 11.3 Å². The molecule has 0 aliphatic heterocycles. The van der Waals surface area contributed by atoms with Crippen molar-refractivity contribution < 1.29 is 8.81 Å². The molecule has 0 aliphatic rings. The van der Waals surface area contributed by atoms with Crippen molar-refractivity contribution in [3.63, 3.8) is 0 Å². The van der Waals surface area contributed by atoms with E-state index in [0.717, 1.165) is 31.5 Å². The number of hydrogen-bond acceptors (Lipinski definition) is 3. The highest BCUT2D eigenvalue weighted by atomic mass is 35.5. The van der Waals surface area contributed by atoms with Crippen molar-refractivity contribution in [1.82, 2.24) is 10.3 Å². The Morgan fingerprint density at radius 1 is 1.37 bits per heavy atom. The topological polar surface area (TPSA) is 38.1 Å². The van der Waals surface area contributed by atoms with Crippen LogP contribution in [0.1, 0.15) is 19.2 Å². The third-order valence-electron chi connectivity index (χ3n) is 2.70. The zero-order chi connectivity index (χ0) is 13.7. The van der Waals surface area contributed by atoms with Gasteiger partial charge in [0.2, 0.25) is 0 Å². The average molecular weight is 283 g/mol. The number of hydrogen-bond donors (Lipinski definition) is 1. The van der Waals surface area contributed by atoms with Gasteiger partial charge in [-0.25, -0.2) is 9.37 Å².